The Morgan fingerprint density at radius 1 is 1.02 bits per heavy atom. The van der Waals surface area contributed by atoms with Gasteiger partial charge in [-0.15, -0.1) is 11.8 Å². The van der Waals surface area contributed by atoms with Gasteiger partial charge in [-0.05, 0) is 92.8 Å². The molecule has 0 bridgehead atoms. The Kier molecular flexibility index (Phi) is 8.77. The van der Waals surface area contributed by atoms with E-state index in [0.29, 0.717) is 23.4 Å². The molecule has 1 fully saturated rings. The second-order valence-electron chi connectivity index (χ2n) is 10.4. The average Bonchev–Trinajstić information content (AvgIpc) is 3.74. The minimum atomic E-state index is -5.04. The summed E-state index contributed by atoms with van der Waals surface area (Å²) in [5.74, 6) is 0.0930. The lowest BCUT2D eigenvalue weighted by atomic mass is 9.87. The van der Waals surface area contributed by atoms with E-state index in [1.165, 1.54) is 11.8 Å². The van der Waals surface area contributed by atoms with Crippen LogP contribution in [0.3, 0.4) is 0 Å². The Labute approximate surface area is 238 Å². The van der Waals surface area contributed by atoms with Gasteiger partial charge < -0.3 is 9.47 Å². The summed E-state index contributed by atoms with van der Waals surface area (Å²) in [5, 5.41) is 0. The molecule has 0 unspecified atom stereocenters. The lowest BCUT2D eigenvalue weighted by Gasteiger charge is -2.44. The van der Waals surface area contributed by atoms with E-state index in [0.717, 1.165) is 29.7 Å². The van der Waals surface area contributed by atoms with Gasteiger partial charge in [-0.1, -0.05) is 0 Å². The van der Waals surface area contributed by atoms with Crippen molar-refractivity contribution in [3.8, 4) is 0 Å². The van der Waals surface area contributed by atoms with Crippen molar-refractivity contribution < 1.29 is 45.4 Å². The van der Waals surface area contributed by atoms with E-state index in [9.17, 15) is 35.9 Å². The first-order valence-corrected chi connectivity index (χ1v) is 14.2. The summed E-state index contributed by atoms with van der Waals surface area (Å²) in [6, 6.07) is 5.36. The van der Waals surface area contributed by atoms with Gasteiger partial charge in [-0.2, -0.15) is 26.3 Å². The first-order valence-electron chi connectivity index (χ1n) is 12.9. The summed E-state index contributed by atoms with van der Waals surface area (Å²) in [6.45, 7) is 2.86. The van der Waals surface area contributed by atoms with E-state index in [4.69, 9.17) is 9.47 Å². The number of benzene rings is 2. The molecule has 1 heterocycles. The molecule has 2 aromatic rings. The highest BCUT2D eigenvalue weighted by Gasteiger charge is 2.47. The molecule has 2 atom stereocenters. The van der Waals surface area contributed by atoms with Crippen molar-refractivity contribution in [1.29, 1.82) is 0 Å². The number of hydrogen-bond acceptors (Lipinski definition) is 5. The highest BCUT2D eigenvalue weighted by Crippen LogP contribution is 2.49. The van der Waals surface area contributed by atoms with E-state index in [2.05, 4.69) is 0 Å². The van der Waals surface area contributed by atoms with Crippen molar-refractivity contribution in [3.63, 3.8) is 0 Å². The highest BCUT2D eigenvalue weighted by molar-refractivity contribution is 7.98. The molecule has 0 N–H and O–H groups in total. The number of hydrogen-bond donors (Lipinski definition) is 0. The first kappa shape index (κ1) is 30.9. The van der Waals surface area contributed by atoms with Crippen LogP contribution < -0.4 is 4.90 Å². The number of alkyl halides is 6. The van der Waals surface area contributed by atoms with Crippen molar-refractivity contribution in [2.24, 2.45) is 5.92 Å². The molecule has 13 heteroatoms. The van der Waals surface area contributed by atoms with Crippen molar-refractivity contribution in [2.45, 2.75) is 75.1 Å². The van der Waals surface area contributed by atoms with Crippen molar-refractivity contribution in [2.75, 3.05) is 18.3 Å². The number of rotatable bonds is 6. The standard InChI is InChI=1S/C28H30F6N2O4S/c1-15(2)40-26(38)36-22-8-7-20(41-4)12-21(22)24(13-23(36)17-5-6-17)35(25(37)39-3)14-16-9-18(27(29,30)31)11-19(10-16)28(32,33)34/h7-12,15,17,23-24H,5-6,13-14H2,1-4H3/t23-,24-/m1/s1. The molecule has 2 aromatic carbocycles. The molecule has 224 valence electrons. The van der Waals surface area contributed by atoms with E-state index in [-0.39, 0.29) is 24.0 Å². The third kappa shape index (κ3) is 6.87. The van der Waals surface area contributed by atoms with Crippen molar-refractivity contribution in [3.05, 3.63) is 58.7 Å². The topological polar surface area (TPSA) is 59.1 Å². The molecule has 0 saturated heterocycles. The molecular formula is C28H30F6N2O4S. The predicted octanol–water partition coefficient (Wildman–Crippen LogP) is 8.29. The number of carbonyl (C=O) groups is 2. The monoisotopic (exact) mass is 604 g/mol. The maximum Gasteiger partial charge on any atom is 0.416 e. The third-order valence-corrected chi connectivity index (χ3v) is 7.86. The second-order valence-corrected chi connectivity index (χ2v) is 11.3. The normalized spacial score (nSPS) is 19.1. The zero-order chi connectivity index (χ0) is 30.3. The fourth-order valence-electron chi connectivity index (χ4n) is 5.18. The van der Waals surface area contributed by atoms with Crippen LogP contribution in [0.1, 0.15) is 61.4 Å². The molecule has 41 heavy (non-hydrogen) atoms. The van der Waals surface area contributed by atoms with Gasteiger partial charge in [0.05, 0.1) is 36.1 Å². The third-order valence-electron chi connectivity index (χ3n) is 7.13. The van der Waals surface area contributed by atoms with Gasteiger partial charge in [-0.3, -0.25) is 9.80 Å². The summed E-state index contributed by atoms with van der Waals surface area (Å²) in [6.07, 6.45) is -8.29. The van der Waals surface area contributed by atoms with Crippen molar-refractivity contribution >= 4 is 29.6 Å². The Bertz CT molecular complexity index is 1260. The molecule has 0 spiro atoms. The molecule has 1 aliphatic heterocycles. The molecule has 1 saturated carbocycles. The molecule has 2 aliphatic rings. The largest absolute Gasteiger partial charge is 0.453 e. The van der Waals surface area contributed by atoms with E-state index in [1.54, 1.807) is 36.9 Å². The average molecular weight is 605 g/mol. The minimum Gasteiger partial charge on any atom is -0.453 e. The molecule has 6 nitrogen and oxygen atoms in total. The number of fused-ring (bicyclic) bond motifs is 1. The van der Waals surface area contributed by atoms with Crippen LogP contribution in [0.2, 0.25) is 0 Å². The Morgan fingerprint density at radius 2 is 1.63 bits per heavy atom. The minimum absolute atomic E-state index is 0.0496. The van der Waals surface area contributed by atoms with Gasteiger partial charge >= 0.3 is 24.5 Å². The van der Waals surface area contributed by atoms with Gasteiger partial charge in [0.1, 0.15) is 0 Å². The number of anilines is 1. The number of amides is 2. The summed E-state index contributed by atoms with van der Waals surface area (Å²) in [4.78, 5) is 29.9. The molecule has 2 amide bonds. The molecule has 0 aromatic heterocycles. The fourth-order valence-corrected chi connectivity index (χ4v) is 5.63. The van der Waals surface area contributed by atoms with Gasteiger partial charge in [0.15, 0.2) is 0 Å². The summed E-state index contributed by atoms with van der Waals surface area (Å²) in [7, 11) is 1.09. The number of ether oxygens (including phenoxy) is 2. The van der Waals surface area contributed by atoms with Crippen LogP contribution in [-0.4, -0.2) is 42.6 Å². The number of methoxy groups -OCH3 is 1. The maximum atomic E-state index is 13.6. The molecule has 0 radical (unpaired) electrons. The predicted molar refractivity (Wildman–Crippen MR) is 141 cm³/mol. The zero-order valence-corrected chi connectivity index (χ0v) is 23.6. The first-order chi connectivity index (χ1) is 19.1. The van der Waals surface area contributed by atoms with Gasteiger partial charge in [0, 0.05) is 17.5 Å². The Balaban J connectivity index is 1.84. The molecular weight excluding hydrogens is 574 g/mol. The van der Waals surface area contributed by atoms with Crippen molar-refractivity contribution in [1.82, 2.24) is 4.90 Å². The number of halogens is 6. The maximum absolute atomic E-state index is 13.6. The van der Waals surface area contributed by atoms with Gasteiger partial charge in [0.2, 0.25) is 0 Å². The molecule has 4 rings (SSSR count). The second kappa shape index (κ2) is 11.7. The highest BCUT2D eigenvalue weighted by atomic mass is 32.2. The van der Waals surface area contributed by atoms with Gasteiger partial charge in [0.25, 0.3) is 0 Å². The lowest BCUT2D eigenvalue weighted by molar-refractivity contribution is -0.143. The summed E-state index contributed by atoms with van der Waals surface area (Å²) < 4.78 is 91.9. The van der Waals surface area contributed by atoms with Crippen LogP contribution in [0.5, 0.6) is 0 Å². The zero-order valence-electron chi connectivity index (χ0n) is 22.8. The van der Waals surface area contributed by atoms with E-state index in [1.807, 2.05) is 6.26 Å². The van der Waals surface area contributed by atoms with E-state index < -0.39 is 60.4 Å². The van der Waals surface area contributed by atoms with Crippen LogP contribution in [0, 0.1) is 5.92 Å². The number of thioether (sulfide) groups is 1. The summed E-state index contributed by atoms with van der Waals surface area (Å²) in [5.41, 5.74) is -2.32. The summed E-state index contributed by atoms with van der Waals surface area (Å²) >= 11 is 1.40. The van der Waals surface area contributed by atoms with Crippen LogP contribution in [0.4, 0.5) is 41.6 Å². The smallest absolute Gasteiger partial charge is 0.416 e. The number of carbonyl (C=O) groups excluding carboxylic acids is 2. The SMILES string of the molecule is COC(=O)N(Cc1cc(C(F)(F)F)cc(C(F)(F)F)c1)[C@@H]1C[C@H](C2CC2)N(C(=O)OC(C)C)c2ccc(SC)cc21. The number of nitrogens with zero attached hydrogens (tertiary/aromatic N) is 2. The Morgan fingerprint density at radius 3 is 2.12 bits per heavy atom. The molecule has 1 aliphatic carbocycles. The lowest BCUT2D eigenvalue weighted by Crippen LogP contribution is -2.50. The quantitative estimate of drug-likeness (QED) is 0.245. The van der Waals surface area contributed by atoms with Crippen LogP contribution >= 0.6 is 11.8 Å². The van der Waals surface area contributed by atoms with Crippen LogP contribution in [-0.2, 0) is 28.4 Å². The van der Waals surface area contributed by atoms with Gasteiger partial charge in [-0.25, -0.2) is 9.59 Å². The van der Waals surface area contributed by atoms with E-state index >= 15 is 0 Å². The van der Waals surface area contributed by atoms with Crippen LogP contribution in [0.15, 0.2) is 41.3 Å². The van der Waals surface area contributed by atoms with Crippen LogP contribution in [0.25, 0.3) is 0 Å². The fraction of sp³-hybridized carbons (Fsp3) is 0.500. The Hall–Kier alpha value is -3.09.